The van der Waals surface area contributed by atoms with Crippen molar-refractivity contribution in [3.8, 4) is 0 Å². The molecule has 0 spiro atoms. The number of rotatable bonds is 2. The van der Waals surface area contributed by atoms with Gasteiger partial charge in [-0.15, -0.1) is 0 Å². The molecule has 51 valence electrons. The minimum Gasteiger partial charge on any atom is -0.453 e. The Morgan fingerprint density at radius 1 is 1.78 bits per heavy atom. The number of hydrogen-bond acceptors (Lipinski definition) is 3. The number of nitrogens with one attached hydrogen (secondary N) is 1. The molecule has 0 aromatic carbocycles. The predicted octanol–water partition coefficient (Wildman–Crippen LogP) is -0.159. The van der Waals surface area contributed by atoms with Gasteiger partial charge in [0.2, 0.25) is 6.29 Å². The van der Waals surface area contributed by atoms with Crippen LogP contribution in [0.25, 0.3) is 0 Å². The van der Waals surface area contributed by atoms with Gasteiger partial charge in [-0.25, -0.2) is 4.79 Å². The van der Waals surface area contributed by atoms with E-state index in [0.29, 0.717) is 0 Å². The average Bonchev–Trinajstić information content (AvgIpc) is 1.87. The molecule has 0 bridgehead atoms. The largest absolute Gasteiger partial charge is 0.453 e. The summed E-state index contributed by atoms with van der Waals surface area (Å²) < 4.78 is 4.19. The minimum atomic E-state index is -0.620. The second kappa shape index (κ2) is 3.88. The molecule has 0 aliphatic carbocycles. The highest BCUT2D eigenvalue weighted by Crippen LogP contribution is 1.75. The van der Waals surface area contributed by atoms with Crippen LogP contribution in [-0.2, 0) is 9.53 Å². The van der Waals surface area contributed by atoms with Crippen molar-refractivity contribution in [1.29, 1.82) is 0 Å². The van der Waals surface area contributed by atoms with E-state index in [0.717, 1.165) is 0 Å². The molecule has 0 aromatic rings. The number of carbonyl (C=O) groups is 1. The van der Waals surface area contributed by atoms with Gasteiger partial charge in [-0.05, 0) is 6.92 Å². The lowest BCUT2D eigenvalue weighted by molar-refractivity contribution is 0.170. The highest BCUT2D eigenvalue weighted by molar-refractivity contribution is 5.72. The predicted molar refractivity (Wildman–Crippen MR) is 30.7 cm³/mol. The summed E-state index contributed by atoms with van der Waals surface area (Å²) in [5, 5.41) is 2.19. The molecule has 1 radical (unpaired) electrons. The molecule has 0 aliphatic heterocycles. The summed E-state index contributed by atoms with van der Waals surface area (Å²) in [6.45, 7) is 1.50. The molecule has 9 heavy (non-hydrogen) atoms. The van der Waals surface area contributed by atoms with Gasteiger partial charge in [0.1, 0.15) is 0 Å². The van der Waals surface area contributed by atoms with Gasteiger partial charge in [-0.1, -0.05) is 0 Å². The molecule has 4 heteroatoms. The zero-order valence-electron chi connectivity index (χ0n) is 5.30. The summed E-state index contributed by atoms with van der Waals surface area (Å²) in [7, 11) is 1.23. The number of amides is 1. The SMILES string of the molecule is COC(=O)N[C@H](C)[C]=O. The average molecular weight is 130 g/mol. The highest BCUT2D eigenvalue weighted by Gasteiger charge is 2.03. The van der Waals surface area contributed by atoms with Gasteiger partial charge in [-0.2, -0.15) is 0 Å². The standard InChI is InChI=1S/C5H8NO3/c1-4(3-7)6-5(8)9-2/h4H,1-2H3,(H,6,8)/t4-/m1/s1. The van der Waals surface area contributed by atoms with E-state index in [1.54, 1.807) is 6.29 Å². The Kier molecular flexibility index (Phi) is 3.43. The first-order chi connectivity index (χ1) is 4.20. The molecule has 1 atom stereocenters. The number of hydrogen-bond donors (Lipinski definition) is 1. The van der Waals surface area contributed by atoms with E-state index in [9.17, 15) is 9.59 Å². The Morgan fingerprint density at radius 2 is 2.33 bits per heavy atom. The van der Waals surface area contributed by atoms with Crippen molar-refractivity contribution in [2.45, 2.75) is 13.0 Å². The van der Waals surface area contributed by atoms with Gasteiger partial charge < -0.3 is 10.1 Å². The monoisotopic (exact) mass is 130 g/mol. The molecule has 0 aromatic heterocycles. The molecule has 1 N–H and O–H groups in total. The van der Waals surface area contributed by atoms with E-state index < -0.39 is 12.1 Å². The molecular weight excluding hydrogens is 122 g/mol. The van der Waals surface area contributed by atoms with Crippen LogP contribution in [0.4, 0.5) is 4.79 Å². The third-order valence-corrected chi connectivity index (χ3v) is 0.697. The van der Waals surface area contributed by atoms with Crippen molar-refractivity contribution < 1.29 is 14.3 Å². The summed E-state index contributed by atoms with van der Waals surface area (Å²) in [6, 6.07) is -0.600. The molecule has 1 amide bonds. The van der Waals surface area contributed by atoms with Crippen LogP contribution in [0.15, 0.2) is 0 Å². The first-order valence-electron chi connectivity index (χ1n) is 2.43. The lowest BCUT2D eigenvalue weighted by atomic mass is 10.4. The van der Waals surface area contributed by atoms with Gasteiger partial charge in [0.25, 0.3) is 0 Å². The maximum Gasteiger partial charge on any atom is 0.407 e. The summed E-state index contributed by atoms with van der Waals surface area (Å²) in [5.41, 5.74) is 0. The summed E-state index contributed by atoms with van der Waals surface area (Å²) in [4.78, 5) is 20.0. The van der Waals surface area contributed by atoms with Gasteiger partial charge in [0.15, 0.2) is 0 Å². The Labute approximate surface area is 53.2 Å². The summed E-state index contributed by atoms with van der Waals surface area (Å²) in [6.07, 6.45) is 0.949. The van der Waals surface area contributed by atoms with Crippen molar-refractivity contribution in [2.24, 2.45) is 0 Å². The van der Waals surface area contributed by atoms with E-state index in [2.05, 4.69) is 10.1 Å². The molecular formula is C5H8NO3. The van der Waals surface area contributed by atoms with Crippen LogP contribution in [0.5, 0.6) is 0 Å². The third-order valence-electron chi connectivity index (χ3n) is 0.697. The lowest BCUT2D eigenvalue weighted by Gasteiger charge is -2.02. The van der Waals surface area contributed by atoms with Crippen LogP contribution < -0.4 is 5.32 Å². The number of alkyl carbamates (subject to hydrolysis) is 1. The maximum atomic E-state index is 10.3. The zero-order chi connectivity index (χ0) is 7.28. The van der Waals surface area contributed by atoms with Crippen LogP contribution in [0.3, 0.4) is 0 Å². The van der Waals surface area contributed by atoms with E-state index in [-0.39, 0.29) is 0 Å². The normalized spacial score (nSPS) is 11.8. The van der Waals surface area contributed by atoms with Crippen molar-refractivity contribution >= 4 is 12.4 Å². The molecule has 0 unspecified atom stereocenters. The zero-order valence-corrected chi connectivity index (χ0v) is 5.30. The Morgan fingerprint density at radius 3 is 2.67 bits per heavy atom. The second-order valence-corrected chi connectivity index (χ2v) is 1.48. The lowest BCUT2D eigenvalue weighted by Crippen LogP contribution is -2.33. The first-order valence-corrected chi connectivity index (χ1v) is 2.43. The molecule has 4 nitrogen and oxygen atoms in total. The van der Waals surface area contributed by atoms with E-state index in [1.165, 1.54) is 14.0 Å². The van der Waals surface area contributed by atoms with Crippen molar-refractivity contribution in [2.75, 3.05) is 7.11 Å². The molecule has 0 rings (SSSR count). The number of carbonyl (C=O) groups excluding carboxylic acids is 2. The van der Waals surface area contributed by atoms with E-state index in [1.807, 2.05) is 0 Å². The quantitative estimate of drug-likeness (QED) is 0.565. The van der Waals surface area contributed by atoms with Crippen LogP contribution in [-0.4, -0.2) is 25.5 Å². The molecule has 0 saturated heterocycles. The van der Waals surface area contributed by atoms with Gasteiger partial charge in [0, 0.05) is 0 Å². The highest BCUT2D eigenvalue weighted by atomic mass is 16.5. The van der Waals surface area contributed by atoms with Gasteiger partial charge in [-0.3, -0.25) is 4.79 Å². The van der Waals surface area contributed by atoms with Crippen LogP contribution in [0.1, 0.15) is 6.92 Å². The Hall–Kier alpha value is -1.06. The molecule has 0 heterocycles. The van der Waals surface area contributed by atoms with Crippen molar-refractivity contribution in [3.05, 3.63) is 0 Å². The fraction of sp³-hybridized carbons (Fsp3) is 0.600. The van der Waals surface area contributed by atoms with Crippen LogP contribution >= 0.6 is 0 Å². The van der Waals surface area contributed by atoms with Crippen molar-refractivity contribution in [1.82, 2.24) is 5.32 Å². The number of ether oxygens (including phenoxy) is 1. The Bertz CT molecular complexity index is 113. The molecule has 0 saturated carbocycles. The van der Waals surface area contributed by atoms with Crippen molar-refractivity contribution in [3.63, 3.8) is 0 Å². The van der Waals surface area contributed by atoms with E-state index in [4.69, 9.17) is 0 Å². The molecule has 0 fully saturated rings. The van der Waals surface area contributed by atoms with Crippen LogP contribution in [0.2, 0.25) is 0 Å². The fourth-order valence-electron chi connectivity index (χ4n) is 0.265. The fourth-order valence-corrected chi connectivity index (χ4v) is 0.265. The van der Waals surface area contributed by atoms with Gasteiger partial charge >= 0.3 is 6.09 Å². The van der Waals surface area contributed by atoms with Crippen LogP contribution in [0, 0.1) is 0 Å². The maximum absolute atomic E-state index is 10.3. The first kappa shape index (κ1) is 7.94. The molecule has 0 aliphatic rings. The summed E-state index contributed by atoms with van der Waals surface area (Å²) >= 11 is 0. The number of methoxy groups -OCH3 is 1. The summed E-state index contributed by atoms with van der Waals surface area (Å²) in [5.74, 6) is 0. The topological polar surface area (TPSA) is 55.4 Å². The second-order valence-electron chi connectivity index (χ2n) is 1.48. The Balaban J connectivity index is 3.46. The minimum absolute atomic E-state index is 0.600. The van der Waals surface area contributed by atoms with Gasteiger partial charge in [0.05, 0.1) is 13.2 Å². The smallest absolute Gasteiger partial charge is 0.407 e. The van der Waals surface area contributed by atoms with E-state index >= 15 is 0 Å². The third kappa shape index (κ3) is 3.52.